The fourth-order valence-corrected chi connectivity index (χ4v) is 3.99. The van der Waals surface area contributed by atoms with Crippen molar-refractivity contribution >= 4 is 23.5 Å². The minimum Gasteiger partial charge on any atom is -0.490 e. The van der Waals surface area contributed by atoms with Gasteiger partial charge in [0.25, 0.3) is 11.8 Å². The molecule has 2 aliphatic heterocycles. The molecule has 1 fully saturated rings. The molecule has 2 amide bonds. The van der Waals surface area contributed by atoms with Crippen molar-refractivity contribution in [3.05, 3.63) is 48.0 Å². The number of fused-ring (bicyclic) bond motifs is 2. The number of benzene rings is 1. The predicted octanol–water partition coefficient (Wildman–Crippen LogP) is 1.67. The third-order valence-corrected chi connectivity index (χ3v) is 5.69. The number of carbonyl (C=O) groups is 3. The molecule has 10 heteroatoms. The van der Waals surface area contributed by atoms with Gasteiger partial charge in [-0.1, -0.05) is 0 Å². The number of rotatable bonds is 4. The Kier molecular flexibility index (Phi) is 6.31. The zero-order chi connectivity index (χ0) is 22.7. The average molecular weight is 440 g/mol. The smallest absolute Gasteiger partial charge is 0.308 e. The Bertz CT molecular complexity index is 1010. The fraction of sp³-hybridized carbons (Fsp3) is 0.409. The summed E-state index contributed by atoms with van der Waals surface area (Å²) in [5.41, 5.74) is 0.960. The summed E-state index contributed by atoms with van der Waals surface area (Å²) in [5.74, 6) is -0.592. The minimum absolute atomic E-state index is 0.169. The van der Waals surface area contributed by atoms with E-state index in [1.165, 1.54) is 25.7 Å². The number of hydrogen-bond donors (Lipinski definition) is 1. The van der Waals surface area contributed by atoms with E-state index >= 15 is 0 Å². The molecule has 3 heterocycles. The molecule has 0 spiro atoms. The van der Waals surface area contributed by atoms with Gasteiger partial charge < -0.3 is 24.4 Å². The Labute approximate surface area is 184 Å². The van der Waals surface area contributed by atoms with Crippen LogP contribution in [0.4, 0.5) is 5.69 Å². The van der Waals surface area contributed by atoms with Gasteiger partial charge in [-0.3, -0.25) is 19.4 Å². The van der Waals surface area contributed by atoms with Crippen LogP contribution in [0.5, 0.6) is 5.75 Å². The van der Waals surface area contributed by atoms with Crippen molar-refractivity contribution in [1.82, 2.24) is 14.9 Å². The van der Waals surface area contributed by atoms with E-state index in [1.54, 1.807) is 30.1 Å². The van der Waals surface area contributed by atoms with E-state index in [0.29, 0.717) is 29.8 Å². The maximum atomic E-state index is 13.2. The molecule has 0 aliphatic carbocycles. The molecule has 2 aromatic rings. The normalized spacial score (nSPS) is 22.5. The zero-order valence-corrected chi connectivity index (χ0v) is 17.8. The lowest BCUT2D eigenvalue weighted by Gasteiger charge is -2.42. The van der Waals surface area contributed by atoms with Crippen molar-refractivity contribution in [3.8, 4) is 5.75 Å². The van der Waals surface area contributed by atoms with Crippen LogP contribution < -0.4 is 10.1 Å². The first-order valence-corrected chi connectivity index (χ1v) is 10.3. The third-order valence-electron chi connectivity index (χ3n) is 5.69. The SMILES string of the molecule is COC(=O)C[C@@H]1CC[C@@H]2[C@H](COc3ccc(NC(=O)c4cnccn4)cc3C(=O)N2C)O1. The molecule has 1 saturated heterocycles. The number of nitrogens with zero attached hydrogens (tertiary/aromatic N) is 3. The van der Waals surface area contributed by atoms with Crippen LogP contribution in [0, 0.1) is 0 Å². The second kappa shape index (κ2) is 9.31. The van der Waals surface area contributed by atoms with Crippen LogP contribution in [0.2, 0.25) is 0 Å². The maximum Gasteiger partial charge on any atom is 0.308 e. The van der Waals surface area contributed by atoms with Crippen LogP contribution >= 0.6 is 0 Å². The first-order chi connectivity index (χ1) is 15.5. The highest BCUT2D eigenvalue weighted by molar-refractivity contribution is 6.04. The van der Waals surface area contributed by atoms with Gasteiger partial charge in [-0.05, 0) is 31.0 Å². The molecule has 0 saturated carbocycles. The Morgan fingerprint density at radius 3 is 2.88 bits per heavy atom. The summed E-state index contributed by atoms with van der Waals surface area (Å²) in [5, 5.41) is 2.73. The van der Waals surface area contributed by atoms with Crippen molar-refractivity contribution in [2.75, 3.05) is 26.1 Å². The molecule has 10 nitrogen and oxygen atoms in total. The van der Waals surface area contributed by atoms with Gasteiger partial charge in [-0.25, -0.2) is 4.98 Å². The van der Waals surface area contributed by atoms with Gasteiger partial charge >= 0.3 is 5.97 Å². The molecule has 168 valence electrons. The van der Waals surface area contributed by atoms with Gasteiger partial charge in [-0.15, -0.1) is 0 Å². The van der Waals surface area contributed by atoms with Crippen molar-refractivity contribution in [2.24, 2.45) is 0 Å². The van der Waals surface area contributed by atoms with Gasteiger partial charge in [-0.2, -0.15) is 0 Å². The Morgan fingerprint density at radius 2 is 2.12 bits per heavy atom. The summed E-state index contributed by atoms with van der Waals surface area (Å²) in [6.45, 7) is 0.234. The molecular weight excluding hydrogens is 416 g/mol. The van der Waals surface area contributed by atoms with Gasteiger partial charge in [0.1, 0.15) is 24.2 Å². The van der Waals surface area contributed by atoms with Gasteiger partial charge in [0.05, 0.1) is 37.4 Å². The van der Waals surface area contributed by atoms with Crippen LogP contribution in [-0.2, 0) is 14.3 Å². The number of esters is 1. The molecule has 2 aliphatic rings. The Balaban J connectivity index is 1.52. The molecule has 0 unspecified atom stereocenters. The van der Waals surface area contributed by atoms with Crippen LogP contribution in [0.1, 0.15) is 40.1 Å². The Hall–Kier alpha value is -3.53. The molecule has 3 atom stereocenters. The first-order valence-electron chi connectivity index (χ1n) is 10.3. The van der Waals surface area contributed by atoms with E-state index in [0.717, 1.165) is 0 Å². The highest BCUT2D eigenvalue weighted by atomic mass is 16.5. The summed E-state index contributed by atoms with van der Waals surface area (Å²) in [4.78, 5) is 46.7. The number of aromatic nitrogens is 2. The van der Waals surface area contributed by atoms with E-state index < -0.39 is 5.91 Å². The lowest BCUT2D eigenvalue weighted by Crippen LogP contribution is -2.53. The lowest BCUT2D eigenvalue weighted by molar-refractivity contribution is -0.151. The number of ether oxygens (including phenoxy) is 3. The van der Waals surface area contributed by atoms with Gasteiger partial charge in [0.15, 0.2) is 0 Å². The quantitative estimate of drug-likeness (QED) is 0.713. The van der Waals surface area contributed by atoms with Crippen LogP contribution in [0.15, 0.2) is 36.8 Å². The second-order valence-corrected chi connectivity index (χ2v) is 7.70. The number of methoxy groups -OCH3 is 1. The molecule has 32 heavy (non-hydrogen) atoms. The highest BCUT2D eigenvalue weighted by Gasteiger charge is 2.39. The number of amides is 2. The summed E-state index contributed by atoms with van der Waals surface area (Å²) in [6, 6.07) is 4.69. The zero-order valence-electron chi connectivity index (χ0n) is 17.8. The summed E-state index contributed by atoms with van der Waals surface area (Å²) < 4.78 is 16.7. The molecule has 0 radical (unpaired) electrons. The Morgan fingerprint density at radius 1 is 1.28 bits per heavy atom. The van der Waals surface area contributed by atoms with E-state index in [4.69, 9.17) is 14.2 Å². The minimum atomic E-state index is -0.428. The summed E-state index contributed by atoms with van der Waals surface area (Å²) >= 11 is 0. The largest absolute Gasteiger partial charge is 0.490 e. The highest BCUT2D eigenvalue weighted by Crippen LogP contribution is 2.32. The topological polar surface area (TPSA) is 120 Å². The van der Waals surface area contributed by atoms with Crippen molar-refractivity contribution < 1.29 is 28.6 Å². The predicted molar refractivity (Wildman–Crippen MR) is 112 cm³/mol. The van der Waals surface area contributed by atoms with E-state index in [1.807, 2.05) is 0 Å². The van der Waals surface area contributed by atoms with Crippen LogP contribution in [0.3, 0.4) is 0 Å². The maximum absolute atomic E-state index is 13.2. The van der Waals surface area contributed by atoms with E-state index in [9.17, 15) is 14.4 Å². The summed E-state index contributed by atoms with van der Waals surface area (Å²) in [6.07, 6.45) is 5.12. The molecule has 1 aromatic heterocycles. The number of hydrogen-bond acceptors (Lipinski definition) is 8. The van der Waals surface area contributed by atoms with Crippen molar-refractivity contribution in [2.45, 2.75) is 37.5 Å². The number of anilines is 1. The van der Waals surface area contributed by atoms with Crippen LogP contribution in [-0.4, -0.2) is 71.7 Å². The second-order valence-electron chi connectivity index (χ2n) is 7.70. The standard InChI is InChI=1S/C22H24N4O6/c1-26-17-5-4-14(10-20(27)30-2)32-19(17)12-31-18-6-3-13(9-15(18)22(26)29)25-21(28)16-11-23-7-8-24-16/h3,6-9,11,14,17,19H,4-5,10,12H2,1-2H3,(H,25,28)/t14-,17+,19-/m0/s1. The van der Waals surface area contributed by atoms with Gasteiger partial charge in [0, 0.05) is 25.1 Å². The number of nitrogens with one attached hydrogen (secondary N) is 1. The summed E-state index contributed by atoms with van der Waals surface area (Å²) in [7, 11) is 3.07. The molecule has 0 bridgehead atoms. The van der Waals surface area contributed by atoms with E-state index in [2.05, 4.69) is 15.3 Å². The van der Waals surface area contributed by atoms with Crippen molar-refractivity contribution in [1.29, 1.82) is 0 Å². The lowest BCUT2D eigenvalue weighted by atomic mass is 9.94. The number of likely N-dealkylation sites (N-methyl/N-ethyl adjacent to an activating group) is 1. The molecule has 4 rings (SSSR count). The average Bonchev–Trinajstić information content (AvgIpc) is 2.82. The van der Waals surface area contributed by atoms with Crippen LogP contribution in [0.25, 0.3) is 0 Å². The number of carbonyl (C=O) groups excluding carboxylic acids is 3. The van der Waals surface area contributed by atoms with Gasteiger partial charge in [0.2, 0.25) is 0 Å². The van der Waals surface area contributed by atoms with E-state index in [-0.39, 0.29) is 48.8 Å². The third kappa shape index (κ3) is 4.54. The first kappa shape index (κ1) is 21.7. The van der Waals surface area contributed by atoms with Crippen molar-refractivity contribution in [3.63, 3.8) is 0 Å². The molecule has 1 aromatic carbocycles. The monoisotopic (exact) mass is 440 g/mol. The molecular formula is C22H24N4O6. The fourth-order valence-electron chi connectivity index (χ4n) is 3.99. The molecule has 1 N–H and O–H groups in total.